The molecule has 3 N–H and O–H groups in total. The van der Waals surface area contributed by atoms with E-state index in [0.717, 1.165) is 27.6 Å². The van der Waals surface area contributed by atoms with Crippen LogP contribution in [0, 0.1) is 11.8 Å². The van der Waals surface area contributed by atoms with Crippen LogP contribution in [0.2, 0.25) is 0 Å². The third-order valence-corrected chi connectivity index (χ3v) is 6.28. The van der Waals surface area contributed by atoms with Gasteiger partial charge in [0.15, 0.2) is 0 Å². The van der Waals surface area contributed by atoms with Crippen LogP contribution in [0.4, 0.5) is 5.69 Å². The lowest BCUT2D eigenvalue weighted by atomic mass is 9.95. The van der Waals surface area contributed by atoms with Gasteiger partial charge in [-0.2, -0.15) is 0 Å². The number of fused-ring (bicyclic) bond motifs is 1. The first-order valence-corrected chi connectivity index (χ1v) is 10.8. The second-order valence-corrected chi connectivity index (χ2v) is 8.67. The first kappa shape index (κ1) is 20.3. The van der Waals surface area contributed by atoms with E-state index in [1.54, 1.807) is 6.92 Å². The molecule has 0 spiro atoms. The third-order valence-electron chi connectivity index (χ3n) is 6.28. The number of carbonyl (C=O) groups is 1. The number of ether oxygens (including phenoxy) is 1. The smallest absolute Gasteiger partial charge is 0.306 e. The van der Waals surface area contributed by atoms with Crippen molar-refractivity contribution >= 4 is 22.6 Å². The van der Waals surface area contributed by atoms with E-state index in [9.17, 15) is 9.90 Å². The number of nitrogen functional groups attached to an aromatic ring is 1. The molecule has 1 heterocycles. The Bertz CT molecular complexity index is 1060. The fourth-order valence-corrected chi connectivity index (χ4v) is 4.47. The van der Waals surface area contributed by atoms with Crippen LogP contribution in [-0.4, -0.2) is 22.2 Å². The normalized spacial score (nSPS) is 15.5. The van der Waals surface area contributed by atoms with Crippen molar-refractivity contribution in [2.45, 2.75) is 39.0 Å². The van der Waals surface area contributed by atoms with Crippen LogP contribution in [-0.2, 0) is 18.3 Å². The zero-order valence-electron chi connectivity index (χ0n) is 17.7. The molecule has 3 aromatic rings. The summed E-state index contributed by atoms with van der Waals surface area (Å²) in [7, 11) is 2.03. The molecule has 30 heavy (non-hydrogen) atoms. The number of aryl methyl sites for hydroxylation is 1. The molecule has 1 aromatic heterocycles. The van der Waals surface area contributed by atoms with Gasteiger partial charge >= 0.3 is 5.97 Å². The van der Waals surface area contributed by atoms with Gasteiger partial charge in [0.2, 0.25) is 0 Å². The Morgan fingerprint density at radius 1 is 1.23 bits per heavy atom. The molecule has 1 atom stereocenters. The Hall–Kier alpha value is -2.95. The summed E-state index contributed by atoms with van der Waals surface area (Å²) >= 11 is 0. The molecular weight excluding hydrogens is 376 g/mol. The van der Waals surface area contributed by atoms with E-state index >= 15 is 0 Å². The highest BCUT2D eigenvalue weighted by atomic mass is 16.5. The molecule has 0 bridgehead atoms. The lowest BCUT2D eigenvalue weighted by Crippen LogP contribution is -2.13. The maximum Gasteiger partial charge on any atom is 0.306 e. The van der Waals surface area contributed by atoms with Crippen LogP contribution in [0.25, 0.3) is 22.0 Å². The number of carboxylic acid groups (broad SMARTS) is 1. The molecule has 0 amide bonds. The van der Waals surface area contributed by atoms with Crippen molar-refractivity contribution in [2.75, 3.05) is 12.3 Å². The van der Waals surface area contributed by atoms with Crippen molar-refractivity contribution in [1.29, 1.82) is 0 Å². The Kier molecular flexibility index (Phi) is 5.71. The SMILES string of the molecule is CC(Cc1cc(N)c(OCC2CCCC2)c(-c2ccc3c(ccn3C)c2)c1)C(=O)O. The maximum atomic E-state index is 11.4. The zero-order chi connectivity index (χ0) is 21.3. The van der Waals surface area contributed by atoms with Gasteiger partial charge in [-0.15, -0.1) is 0 Å². The fraction of sp³-hybridized carbons (Fsp3) is 0.400. The van der Waals surface area contributed by atoms with Crippen LogP contribution >= 0.6 is 0 Å². The summed E-state index contributed by atoms with van der Waals surface area (Å²) in [6, 6.07) is 12.4. The topological polar surface area (TPSA) is 77.5 Å². The molecule has 1 aliphatic carbocycles. The first-order chi connectivity index (χ1) is 14.4. The minimum absolute atomic E-state index is 0.434. The summed E-state index contributed by atoms with van der Waals surface area (Å²) in [5, 5.41) is 10.5. The number of hydrogen-bond donors (Lipinski definition) is 2. The number of aliphatic carboxylic acids is 1. The molecule has 2 aromatic carbocycles. The summed E-state index contributed by atoms with van der Waals surface area (Å²) in [6.07, 6.45) is 7.44. The number of hydrogen-bond acceptors (Lipinski definition) is 3. The van der Waals surface area contributed by atoms with Crippen LogP contribution in [0.3, 0.4) is 0 Å². The van der Waals surface area contributed by atoms with Gasteiger partial charge in [0.05, 0.1) is 18.2 Å². The van der Waals surface area contributed by atoms with Crippen LogP contribution in [0.1, 0.15) is 38.2 Å². The van der Waals surface area contributed by atoms with Gasteiger partial charge in [-0.1, -0.05) is 25.8 Å². The lowest BCUT2D eigenvalue weighted by Gasteiger charge is -2.19. The maximum absolute atomic E-state index is 11.4. The molecule has 0 aliphatic heterocycles. The molecule has 1 fully saturated rings. The second-order valence-electron chi connectivity index (χ2n) is 8.67. The largest absolute Gasteiger partial charge is 0.490 e. The minimum Gasteiger partial charge on any atom is -0.490 e. The number of aromatic nitrogens is 1. The molecule has 158 valence electrons. The van der Waals surface area contributed by atoms with E-state index in [1.807, 2.05) is 25.4 Å². The van der Waals surface area contributed by atoms with Gasteiger partial charge in [0.1, 0.15) is 5.75 Å². The number of carboxylic acids is 1. The van der Waals surface area contributed by atoms with E-state index in [1.165, 1.54) is 25.7 Å². The number of anilines is 1. The predicted octanol–water partition coefficient (Wildman–Crippen LogP) is 5.26. The Balaban J connectivity index is 1.73. The van der Waals surface area contributed by atoms with Crippen molar-refractivity contribution in [3.8, 4) is 16.9 Å². The Morgan fingerprint density at radius 3 is 2.73 bits per heavy atom. The molecule has 5 nitrogen and oxygen atoms in total. The average molecular weight is 407 g/mol. The van der Waals surface area contributed by atoms with Gasteiger partial charge in [0.25, 0.3) is 0 Å². The van der Waals surface area contributed by atoms with Gasteiger partial charge in [-0.3, -0.25) is 4.79 Å². The standard InChI is InChI=1S/C25H30N2O3/c1-16(25(28)29)11-18-12-21(19-7-8-23-20(14-19)9-10-27(23)2)24(22(26)13-18)30-15-17-5-3-4-6-17/h7-10,12-14,16-17H,3-6,11,15,26H2,1-2H3,(H,28,29). The first-order valence-electron chi connectivity index (χ1n) is 10.8. The summed E-state index contributed by atoms with van der Waals surface area (Å²) in [5.74, 6) is 0.0194. The summed E-state index contributed by atoms with van der Waals surface area (Å²) < 4.78 is 8.38. The number of rotatable bonds is 7. The van der Waals surface area contributed by atoms with E-state index < -0.39 is 11.9 Å². The molecule has 0 radical (unpaired) electrons. The van der Waals surface area contributed by atoms with Gasteiger partial charge in [-0.25, -0.2) is 0 Å². The second kappa shape index (κ2) is 8.42. The van der Waals surface area contributed by atoms with Gasteiger partial charge in [-0.05, 0) is 66.6 Å². The van der Waals surface area contributed by atoms with Gasteiger partial charge in [0, 0.05) is 29.7 Å². The van der Waals surface area contributed by atoms with Crippen molar-refractivity contribution in [1.82, 2.24) is 4.57 Å². The Labute approximate surface area is 177 Å². The third kappa shape index (κ3) is 4.16. The molecular formula is C25H30N2O3. The molecule has 4 rings (SSSR count). The Morgan fingerprint density at radius 2 is 2.00 bits per heavy atom. The predicted molar refractivity (Wildman–Crippen MR) is 121 cm³/mol. The summed E-state index contributed by atoms with van der Waals surface area (Å²) in [5.41, 5.74) is 11.1. The lowest BCUT2D eigenvalue weighted by molar-refractivity contribution is -0.141. The highest BCUT2D eigenvalue weighted by molar-refractivity contribution is 5.88. The molecule has 1 saturated carbocycles. The molecule has 0 saturated heterocycles. The molecule has 5 heteroatoms. The highest BCUT2D eigenvalue weighted by Gasteiger charge is 2.20. The number of benzene rings is 2. The van der Waals surface area contributed by atoms with E-state index in [-0.39, 0.29) is 0 Å². The van der Waals surface area contributed by atoms with Crippen LogP contribution in [0.5, 0.6) is 5.75 Å². The van der Waals surface area contributed by atoms with Crippen LogP contribution in [0.15, 0.2) is 42.6 Å². The van der Waals surface area contributed by atoms with E-state index in [4.69, 9.17) is 10.5 Å². The summed E-state index contributed by atoms with van der Waals surface area (Å²) in [4.78, 5) is 11.4. The number of nitrogens with zero attached hydrogens (tertiary/aromatic N) is 1. The molecule has 1 unspecified atom stereocenters. The van der Waals surface area contributed by atoms with Crippen LogP contribution < -0.4 is 10.5 Å². The fourth-order valence-electron chi connectivity index (χ4n) is 4.47. The monoisotopic (exact) mass is 406 g/mol. The molecule has 1 aliphatic rings. The zero-order valence-corrected chi connectivity index (χ0v) is 17.7. The minimum atomic E-state index is -0.803. The highest BCUT2D eigenvalue weighted by Crippen LogP contribution is 2.39. The van der Waals surface area contributed by atoms with Crippen molar-refractivity contribution in [3.05, 3.63) is 48.2 Å². The van der Waals surface area contributed by atoms with Crippen molar-refractivity contribution < 1.29 is 14.6 Å². The van der Waals surface area contributed by atoms with E-state index in [0.29, 0.717) is 30.4 Å². The average Bonchev–Trinajstić information content (AvgIpc) is 3.36. The number of nitrogens with two attached hydrogens (primary N) is 1. The quantitative estimate of drug-likeness (QED) is 0.525. The van der Waals surface area contributed by atoms with Crippen molar-refractivity contribution in [3.63, 3.8) is 0 Å². The van der Waals surface area contributed by atoms with E-state index in [2.05, 4.69) is 28.8 Å². The van der Waals surface area contributed by atoms with Crippen molar-refractivity contribution in [2.24, 2.45) is 18.9 Å². The summed E-state index contributed by atoms with van der Waals surface area (Å²) in [6.45, 7) is 2.40. The van der Waals surface area contributed by atoms with Gasteiger partial charge < -0.3 is 20.1 Å².